The maximum absolute atomic E-state index is 11.1. The first kappa shape index (κ1) is 13.8. The fraction of sp³-hybridized carbons (Fsp3) is 0.818. The summed E-state index contributed by atoms with van der Waals surface area (Å²) in [5.74, 6) is -0.921. The standard InChI is InChI=1S/C11H20N2O4/c14-10(15)5-6-12-11(16)13-7-8-17-9-3-1-2-4-9/h9H,1-8H2,(H,14,15)(H2,12,13,16). The van der Waals surface area contributed by atoms with E-state index < -0.39 is 5.97 Å². The summed E-state index contributed by atoms with van der Waals surface area (Å²) in [5.41, 5.74) is 0. The SMILES string of the molecule is O=C(O)CCNC(=O)NCCOC1CCCC1. The number of hydrogen-bond donors (Lipinski definition) is 3. The van der Waals surface area contributed by atoms with E-state index in [0.717, 1.165) is 12.8 Å². The Kier molecular flexibility index (Phi) is 6.39. The maximum Gasteiger partial charge on any atom is 0.314 e. The van der Waals surface area contributed by atoms with Gasteiger partial charge < -0.3 is 20.5 Å². The molecule has 1 fully saturated rings. The van der Waals surface area contributed by atoms with Crippen LogP contribution in [0.2, 0.25) is 0 Å². The molecule has 0 atom stereocenters. The summed E-state index contributed by atoms with van der Waals surface area (Å²) in [6.45, 7) is 1.11. The largest absolute Gasteiger partial charge is 0.481 e. The summed E-state index contributed by atoms with van der Waals surface area (Å²) in [4.78, 5) is 21.3. The lowest BCUT2D eigenvalue weighted by Crippen LogP contribution is -2.38. The molecule has 98 valence electrons. The summed E-state index contributed by atoms with van der Waals surface area (Å²) in [6, 6.07) is -0.346. The molecule has 0 aliphatic heterocycles. The predicted octanol–water partition coefficient (Wildman–Crippen LogP) is 0.719. The third kappa shape index (κ3) is 6.78. The fourth-order valence-corrected chi connectivity index (χ4v) is 1.79. The van der Waals surface area contributed by atoms with Gasteiger partial charge in [0, 0.05) is 13.1 Å². The topological polar surface area (TPSA) is 87.7 Å². The summed E-state index contributed by atoms with van der Waals surface area (Å²) in [6.07, 6.45) is 4.98. The molecule has 2 amide bonds. The number of rotatable bonds is 7. The molecule has 0 radical (unpaired) electrons. The normalized spacial score (nSPS) is 15.8. The van der Waals surface area contributed by atoms with Gasteiger partial charge in [0.1, 0.15) is 0 Å². The zero-order valence-electron chi connectivity index (χ0n) is 9.91. The number of carboxylic acids is 1. The van der Waals surface area contributed by atoms with Crippen LogP contribution in [0.15, 0.2) is 0 Å². The molecular formula is C11H20N2O4. The van der Waals surface area contributed by atoms with Crippen molar-refractivity contribution in [1.29, 1.82) is 0 Å². The molecule has 3 N–H and O–H groups in total. The van der Waals surface area contributed by atoms with Gasteiger partial charge in [0.25, 0.3) is 0 Å². The van der Waals surface area contributed by atoms with E-state index in [4.69, 9.17) is 9.84 Å². The van der Waals surface area contributed by atoms with E-state index in [9.17, 15) is 9.59 Å². The van der Waals surface area contributed by atoms with Gasteiger partial charge in [-0.05, 0) is 12.8 Å². The van der Waals surface area contributed by atoms with Crippen molar-refractivity contribution in [3.05, 3.63) is 0 Å². The molecule has 0 aromatic heterocycles. The van der Waals surface area contributed by atoms with Crippen molar-refractivity contribution >= 4 is 12.0 Å². The van der Waals surface area contributed by atoms with Gasteiger partial charge in [-0.2, -0.15) is 0 Å². The zero-order chi connectivity index (χ0) is 12.5. The van der Waals surface area contributed by atoms with Crippen molar-refractivity contribution in [3.8, 4) is 0 Å². The number of aliphatic carboxylic acids is 1. The van der Waals surface area contributed by atoms with Crippen LogP contribution >= 0.6 is 0 Å². The second-order valence-corrected chi connectivity index (χ2v) is 4.10. The van der Waals surface area contributed by atoms with Gasteiger partial charge in [-0.15, -0.1) is 0 Å². The van der Waals surface area contributed by atoms with E-state index in [-0.39, 0.29) is 19.0 Å². The van der Waals surface area contributed by atoms with Crippen LogP contribution in [0.4, 0.5) is 4.79 Å². The summed E-state index contributed by atoms with van der Waals surface area (Å²) >= 11 is 0. The molecule has 6 heteroatoms. The third-order valence-electron chi connectivity index (χ3n) is 2.67. The molecule has 0 aromatic carbocycles. The Morgan fingerprint density at radius 3 is 2.47 bits per heavy atom. The van der Waals surface area contributed by atoms with Crippen LogP contribution in [0.3, 0.4) is 0 Å². The Labute approximate surface area is 101 Å². The molecule has 1 rings (SSSR count). The maximum atomic E-state index is 11.1. The molecule has 0 saturated heterocycles. The second-order valence-electron chi connectivity index (χ2n) is 4.10. The van der Waals surface area contributed by atoms with Crippen molar-refractivity contribution in [3.63, 3.8) is 0 Å². The first-order valence-corrected chi connectivity index (χ1v) is 6.03. The van der Waals surface area contributed by atoms with E-state index in [1.165, 1.54) is 12.8 Å². The Hall–Kier alpha value is -1.30. The van der Waals surface area contributed by atoms with E-state index in [1.807, 2.05) is 0 Å². The molecule has 0 heterocycles. The Morgan fingerprint density at radius 2 is 1.82 bits per heavy atom. The minimum atomic E-state index is -0.921. The number of amides is 2. The second kappa shape index (κ2) is 7.89. The molecule has 0 bridgehead atoms. The molecule has 1 saturated carbocycles. The van der Waals surface area contributed by atoms with Gasteiger partial charge in [0.15, 0.2) is 0 Å². The summed E-state index contributed by atoms with van der Waals surface area (Å²) < 4.78 is 5.56. The number of carbonyl (C=O) groups is 2. The van der Waals surface area contributed by atoms with Crippen LogP contribution in [0, 0.1) is 0 Å². The Balaban J connectivity index is 1.90. The van der Waals surface area contributed by atoms with Crippen LogP contribution in [0.25, 0.3) is 0 Å². The number of hydrogen-bond acceptors (Lipinski definition) is 3. The lowest BCUT2D eigenvalue weighted by molar-refractivity contribution is -0.136. The van der Waals surface area contributed by atoms with Crippen molar-refractivity contribution in [2.24, 2.45) is 0 Å². The quantitative estimate of drug-likeness (QED) is 0.576. The highest BCUT2D eigenvalue weighted by Crippen LogP contribution is 2.20. The smallest absolute Gasteiger partial charge is 0.314 e. The van der Waals surface area contributed by atoms with Gasteiger partial charge in [0.2, 0.25) is 0 Å². The zero-order valence-corrected chi connectivity index (χ0v) is 9.91. The number of carboxylic acid groups (broad SMARTS) is 1. The van der Waals surface area contributed by atoms with E-state index in [0.29, 0.717) is 19.3 Å². The van der Waals surface area contributed by atoms with Crippen LogP contribution in [-0.4, -0.2) is 42.9 Å². The first-order chi connectivity index (χ1) is 8.18. The molecule has 1 aliphatic rings. The number of nitrogens with one attached hydrogen (secondary N) is 2. The number of urea groups is 1. The highest BCUT2D eigenvalue weighted by molar-refractivity contribution is 5.74. The molecule has 17 heavy (non-hydrogen) atoms. The average Bonchev–Trinajstić information content (AvgIpc) is 2.76. The van der Waals surface area contributed by atoms with Crippen LogP contribution in [-0.2, 0) is 9.53 Å². The average molecular weight is 244 g/mol. The Bertz CT molecular complexity index is 252. The lowest BCUT2D eigenvalue weighted by Gasteiger charge is -2.11. The van der Waals surface area contributed by atoms with Gasteiger partial charge in [-0.3, -0.25) is 4.79 Å². The van der Waals surface area contributed by atoms with Gasteiger partial charge in [-0.1, -0.05) is 12.8 Å². The summed E-state index contributed by atoms with van der Waals surface area (Å²) in [7, 11) is 0. The Morgan fingerprint density at radius 1 is 1.18 bits per heavy atom. The highest BCUT2D eigenvalue weighted by Gasteiger charge is 2.14. The van der Waals surface area contributed by atoms with Crippen molar-refractivity contribution in [2.75, 3.05) is 19.7 Å². The van der Waals surface area contributed by atoms with Crippen molar-refractivity contribution in [2.45, 2.75) is 38.2 Å². The predicted molar refractivity (Wildman–Crippen MR) is 61.9 cm³/mol. The van der Waals surface area contributed by atoms with Crippen LogP contribution in [0.5, 0.6) is 0 Å². The van der Waals surface area contributed by atoms with Gasteiger partial charge >= 0.3 is 12.0 Å². The molecule has 0 spiro atoms. The van der Waals surface area contributed by atoms with E-state index >= 15 is 0 Å². The van der Waals surface area contributed by atoms with Crippen LogP contribution in [0.1, 0.15) is 32.1 Å². The first-order valence-electron chi connectivity index (χ1n) is 6.03. The fourth-order valence-electron chi connectivity index (χ4n) is 1.79. The number of ether oxygens (including phenoxy) is 1. The monoisotopic (exact) mass is 244 g/mol. The highest BCUT2D eigenvalue weighted by atomic mass is 16.5. The van der Waals surface area contributed by atoms with E-state index in [1.54, 1.807) is 0 Å². The molecule has 6 nitrogen and oxygen atoms in total. The lowest BCUT2D eigenvalue weighted by atomic mass is 10.3. The molecule has 1 aliphatic carbocycles. The molecule has 0 unspecified atom stereocenters. The van der Waals surface area contributed by atoms with Crippen molar-refractivity contribution in [1.82, 2.24) is 10.6 Å². The third-order valence-corrected chi connectivity index (χ3v) is 2.67. The molecule has 0 aromatic rings. The van der Waals surface area contributed by atoms with Gasteiger partial charge in [-0.25, -0.2) is 4.79 Å². The van der Waals surface area contributed by atoms with Gasteiger partial charge in [0.05, 0.1) is 19.1 Å². The van der Waals surface area contributed by atoms with E-state index in [2.05, 4.69) is 10.6 Å². The number of carbonyl (C=O) groups excluding carboxylic acids is 1. The molecular weight excluding hydrogens is 224 g/mol. The van der Waals surface area contributed by atoms with Crippen molar-refractivity contribution < 1.29 is 19.4 Å². The summed E-state index contributed by atoms with van der Waals surface area (Å²) in [5, 5.41) is 13.4. The van der Waals surface area contributed by atoms with Crippen LogP contribution < -0.4 is 10.6 Å². The minimum Gasteiger partial charge on any atom is -0.481 e. The minimum absolute atomic E-state index is 0.0635.